The minimum absolute atomic E-state index is 0.0241. The molecule has 1 unspecified atom stereocenters. The third-order valence-electron chi connectivity index (χ3n) is 7.04. The molecule has 3 rings (SSSR count). The Morgan fingerprint density at radius 3 is 2.02 bits per heavy atom. The van der Waals surface area contributed by atoms with E-state index in [9.17, 15) is 9.59 Å². The highest BCUT2D eigenvalue weighted by Gasteiger charge is 2.41. The minimum Gasteiger partial charge on any atom is -0.419 e. The summed E-state index contributed by atoms with van der Waals surface area (Å²) in [4.78, 5) is 28.2. The summed E-state index contributed by atoms with van der Waals surface area (Å²) in [6.45, 7) is 11.9. The smallest absolute Gasteiger partial charge is 0.352 e. The van der Waals surface area contributed by atoms with Gasteiger partial charge in [0.15, 0.2) is 5.57 Å². The highest BCUT2D eigenvalue weighted by atomic mass is 16.7. The first-order chi connectivity index (χ1) is 18.8. The molecule has 2 aromatic rings. The molecule has 1 heterocycles. The van der Waals surface area contributed by atoms with E-state index in [1.165, 1.54) is 17.5 Å². The molecule has 0 amide bonds. The van der Waals surface area contributed by atoms with Gasteiger partial charge in [-0.05, 0) is 53.6 Å². The van der Waals surface area contributed by atoms with Gasteiger partial charge in [-0.15, -0.1) is 0 Å². The van der Waals surface area contributed by atoms with Gasteiger partial charge in [0, 0.05) is 45.4 Å². The lowest BCUT2D eigenvalue weighted by molar-refractivity contribution is -0.222. The van der Waals surface area contributed by atoms with E-state index in [1.807, 2.05) is 43.3 Å². The maximum absolute atomic E-state index is 13.1. The topological polar surface area (TPSA) is 79.9 Å². The number of esters is 2. The van der Waals surface area contributed by atoms with Gasteiger partial charge in [-0.3, -0.25) is 0 Å². The van der Waals surface area contributed by atoms with E-state index in [0.29, 0.717) is 5.82 Å². The lowest BCUT2D eigenvalue weighted by Crippen LogP contribution is -2.45. The zero-order valence-corrected chi connectivity index (χ0v) is 25.5. The normalized spacial score (nSPS) is 15.7. The molecule has 1 aliphatic rings. The summed E-state index contributed by atoms with van der Waals surface area (Å²) in [6, 6.07) is 16.5. The van der Waals surface area contributed by atoms with Crippen molar-refractivity contribution in [1.82, 2.24) is 5.32 Å². The molecule has 1 atom stereocenters. The number of unbranched alkanes of at least 4 members (excludes halogenated alkanes) is 3. The highest BCUT2D eigenvalue weighted by Crippen LogP contribution is 2.27. The van der Waals surface area contributed by atoms with Crippen molar-refractivity contribution in [3.63, 3.8) is 0 Å². The van der Waals surface area contributed by atoms with Crippen molar-refractivity contribution in [1.29, 1.82) is 0 Å². The van der Waals surface area contributed by atoms with Crippen LogP contribution < -0.4 is 15.5 Å². The quantitative estimate of drug-likeness (QED) is 0.132. The standard InChI is InChI=1S/C33H47N3O4/c1-9-10-11-12-13-26(22-23-14-16-24(17-15-23)32(2,3)4)35-29(28-30(37)39-33(5,6)40-31(28)38)34-25-18-20-27(21-19-25)36(7)8/h14-21,26,34-35H,9-13,22H2,1-8H3. The summed E-state index contributed by atoms with van der Waals surface area (Å²) in [5.41, 5.74) is 4.18. The van der Waals surface area contributed by atoms with Gasteiger partial charge in [0.25, 0.3) is 5.79 Å². The Balaban J connectivity index is 1.95. The molecule has 7 nitrogen and oxygen atoms in total. The van der Waals surface area contributed by atoms with Crippen LogP contribution in [0, 0.1) is 0 Å². The predicted molar refractivity (Wildman–Crippen MR) is 162 cm³/mol. The lowest BCUT2D eigenvalue weighted by atomic mass is 9.86. The molecule has 7 heteroatoms. The number of ether oxygens (including phenoxy) is 2. The largest absolute Gasteiger partial charge is 0.419 e. The maximum Gasteiger partial charge on any atom is 0.352 e. The van der Waals surface area contributed by atoms with Gasteiger partial charge in [-0.25, -0.2) is 9.59 Å². The van der Waals surface area contributed by atoms with E-state index in [2.05, 4.69) is 62.6 Å². The minimum atomic E-state index is -1.31. The number of cyclic esters (lactones) is 2. The fourth-order valence-electron chi connectivity index (χ4n) is 4.69. The second-order valence-electron chi connectivity index (χ2n) is 12.3. The van der Waals surface area contributed by atoms with Gasteiger partial charge in [0.2, 0.25) is 0 Å². The SMILES string of the molecule is CCCCCCC(Cc1ccc(C(C)(C)C)cc1)NC(Nc1ccc(N(C)C)cc1)=C1C(=O)OC(C)(C)OC1=O. The van der Waals surface area contributed by atoms with E-state index in [-0.39, 0.29) is 17.0 Å². The van der Waals surface area contributed by atoms with Crippen LogP contribution in [-0.2, 0) is 30.9 Å². The Morgan fingerprint density at radius 2 is 1.50 bits per heavy atom. The fraction of sp³-hybridized carbons (Fsp3) is 0.515. The molecule has 0 aliphatic carbocycles. The second kappa shape index (κ2) is 13.2. The van der Waals surface area contributed by atoms with Gasteiger partial charge < -0.3 is 25.0 Å². The van der Waals surface area contributed by atoms with Crippen molar-refractivity contribution in [3.05, 3.63) is 71.1 Å². The van der Waals surface area contributed by atoms with Gasteiger partial charge in [0.05, 0.1) is 0 Å². The number of carbonyl (C=O) groups is 2. The molecular formula is C33H47N3O4. The average Bonchev–Trinajstić information content (AvgIpc) is 2.85. The highest BCUT2D eigenvalue weighted by molar-refractivity contribution is 6.16. The van der Waals surface area contributed by atoms with Gasteiger partial charge in [-0.1, -0.05) is 77.6 Å². The number of carbonyl (C=O) groups excluding carboxylic acids is 2. The second-order valence-corrected chi connectivity index (χ2v) is 12.3. The molecule has 0 spiro atoms. The Bertz CT molecular complexity index is 1150. The van der Waals surface area contributed by atoms with Crippen molar-refractivity contribution in [2.24, 2.45) is 0 Å². The van der Waals surface area contributed by atoms with E-state index >= 15 is 0 Å². The van der Waals surface area contributed by atoms with Crippen LogP contribution in [0.1, 0.15) is 84.8 Å². The predicted octanol–water partition coefficient (Wildman–Crippen LogP) is 6.68. The third-order valence-corrected chi connectivity index (χ3v) is 7.04. The van der Waals surface area contributed by atoms with Crippen LogP contribution in [0.4, 0.5) is 11.4 Å². The van der Waals surface area contributed by atoms with E-state index < -0.39 is 17.7 Å². The number of anilines is 2. The van der Waals surface area contributed by atoms with Crippen molar-refractivity contribution in [3.8, 4) is 0 Å². The van der Waals surface area contributed by atoms with Crippen LogP contribution in [0.15, 0.2) is 59.9 Å². The number of nitrogens with one attached hydrogen (secondary N) is 2. The molecule has 1 fully saturated rings. The molecule has 0 bridgehead atoms. The molecule has 2 aromatic carbocycles. The van der Waals surface area contributed by atoms with Crippen LogP contribution >= 0.6 is 0 Å². The number of benzene rings is 2. The Morgan fingerprint density at radius 1 is 0.900 bits per heavy atom. The molecule has 1 saturated heterocycles. The van der Waals surface area contributed by atoms with Gasteiger partial charge in [0.1, 0.15) is 5.82 Å². The molecule has 0 saturated carbocycles. The molecule has 0 radical (unpaired) electrons. The summed E-state index contributed by atoms with van der Waals surface area (Å²) in [5, 5.41) is 6.82. The van der Waals surface area contributed by atoms with Gasteiger partial charge >= 0.3 is 11.9 Å². The zero-order chi connectivity index (χ0) is 29.5. The first-order valence-corrected chi connectivity index (χ1v) is 14.4. The Kier molecular flexibility index (Phi) is 10.3. The number of hydrogen-bond donors (Lipinski definition) is 2. The number of rotatable bonds is 12. The molecule has 2 N–H and O–H groups in total. The number of hydrogen-bond acceptors (Lipinski definition) is 7. The van der Waals surface area contributed by atoms with Crippen LogP contribution in [-0.4, -0.2) is 37.9 Å². The first-order valence-electron chi connectivity index (χ1n) is 14.4. The Hall–Kier alpha value is -3.48. The van der Waals surface area contributed by atoms with Crippen LogP contribution in [0.2, 0.25) is 0 Å². The molecular weight excluding hydrogens is 502 g/mol. The van der Waals surface area contributed by atoms with E-state index in [0.717, 1.165) is 43.5 Å². The van der Waals surface area contributed by atoms with Crippen LogP contribution in [0.5, 0.6) is 0 Å². The van der Waals surface area contributed by atoms with Gasteiger partial charge in [-0.2, -0.15) is 0 Å². The Labute approximate surface area is 240 Å². The summed E-state index contributed by atoms with van der Waals surface area (Å²) in [7, 11) is 3.95. The fourth-order valence-corrected chi connectivity index (χ4v) is 4.69. The third kappa shape index (κ3) is 8.77. The van der Waals surface area contributed by atoms with E-state index in [1.54, 1.807) is 13.8 Å². The summed E-state index contributed by atoms with van der Waals surface area (Å²) < 4.78 is 10.9. The molecule has 1 aliphatic heterocycles. The van der Waals surface area contributed by atoms with E-state index in [4.69, 9.17) is 9.47 Å². The molecule has 0 aromatic heterocycles. The average molecular weight is 550 g/mol. The van der Waals surface area contributed by atoms with Crippen molar-refractivity contribution in [2.75, 3.05) is 24.3 Å². The van der Waals surface area contributed by atoms with Crippen molar-refractivity contribution >= 4 is 23.3 Å². The summed E-state index contributed by atoms with van der Waals surface area (Å²) in [5.74, 6) is -2.43. The number of nitrogens with zero attached hydrogens (tertiary/aromatic N) is 1. The van der Waals surface area contributed by atoms with Crippen LogP contribution in [0.25, 0.3) is 0 Å². The van der Waals surface area contributed by atoms with Crippen molar-refractivity contribution < 1.29 is 19.1 Å². The summed E-state index contributed by atoms with van der Waals surface area (Å²) >= 11 is 0. The summed E-state index contributed by atoms with van der Waals surface area (Å²) in [6.07, 6.45) is 6.11. The lowest BCUT2D eigenvalue weighted by Gasteiger charge is -2.32. The van der Waals surface area contributed by atoms with Crippen LogP contribution in [0.3, 0.4) is 0 Å². The monoisotopic (exact) mass is 549 g/mol. The zero-order valence-electron chi connectivity index (χ0n) is 25.5. The molecule has 218 valence electrons. The van der Waals surface area contributed by atoms with Crippen molar-refractivity contribution in [2.45, 2.75) is 97.3 Å². The molecule has 40 heavy (non-hydrogen) atoms. The first kappa shape index (κ1) is 31.1. The maximum atomic E-state index is 13.1.